The number of aromatic hydroxyl groups is 2. The van der Waals surface area contributed by atoms with Crippen molar-refractivity contribution in [3.8, 4) is 17.2 Å². The van der Waals surface area contributed by atoms with E-state index >= 15 is 0 Å². The minimum absolute atomic E-state index is 0.0184. The molecular formula is C36H54O9. The van der Waals surface area contributed by atoms with E-state index in [1.54, 1.807) is 36.4 Å². The molecule has 45 heavy (non-hydrogen) atoms. The molecule has 1 heterocycles. The third-order valence-corrected chi connectivity index (χ3v) is 8.33. The molecule has 1 unspecified atom stereocenters. The Balaban J connectivity index is 0.000000338. The molecule has 1 atom stereocenters. The van der Waals surface area contributed by atoms with Crippen LogP contribution in [0, 0.1) is 22.2 Å². The number of phenols is 2. The highest BCUT2D eigenvalue weighted by Gasteiger charge is 2.38. The van der Waals surface area contributed by atoms with Gasteiger partial charge in [-0.3, -0.25) is 14.4 Å². The third-order valence-electron chi connectivity index (χ3n) is 8.33. The minimum atomic E-state index is -0.474. The molecule has 0 saturated carbocycles. The van der Waals surface area contributed by atoms with Crippen LogP contribution in [0.2, 0.25) is 0 Å². The van der Waals surface area contributed by atoms with Gasteiger partial charge in [-0.25, -0.2) is 0 Å². The van der Waals surface area contributed by atoms with Crippen LogP contribution in [-0.4, -0.2) is 47.9 Å². The average molecular weight is 631 g/mol. The van der Waals surface area contributed by atoms with E-state index in [0.717, 1.165) is 44.5 Å². The summed E-state index contributed by atoms with van der Waals surface area (Å²) in [6.45, 7) is 19.6. The van der Waals surface area contributed by atoms with Crippen molar-refractivity contribution in [2.75, 3.05) is 19.8 Å². The standard InChI is InChI=1S/C13H18O3.C12H16O3.C11H20O3/c1-4-13(2,3)12(15)16-9-10-5-7-11(14)8-6-10;1-4-12(2,3)11(14)15-10-7-5-9(13)6-8-10;1-4-9(3)10(12)14-8-11(5-2)6-13-7-11/h5-8,14H,4,9H2,1-3H3;5-8,13H,4H2,1-3H3;9H,4-8H2,1-3H3. The van der Waals surface area contributed by atoms with E-state index in [9.17, 15) is 14.4 Å². The van der Waals surface area contributed by atoms with Crippen molar-refractivity contribution in [3.05, 3.63) is 54.1 Å². The maximum Gasteiger partial charge on any atom is 0.316 e. The molecule has 0 aromatic heterocycles. The fraction of sp³-hybridized carbons (Fsp3) is 0.583. The van der Waals surface area contributed by atoms with E-state index < -0.39 is 10.8 Å². The Morgan fingerprint density at radius 3 is 1.71 bits per heavy atom. The molecule has 0 bridgehead atoms. The quantitative estimate of drug-likeness (QED) is 0.180. The fourth-order valence-electron chi connectivity index (χ4n) is 3.30. The zero-order valence-corrected chi connectivity index (χ0v) is 28.6. The second kappa shape index (κ2) is 18.4. The molecular weight excluding hydrogens is 576 g/mol. The Bertz CT molecular complexity index is 1170. The number of hydrogen-bond acceptors (Lipinski definition) is 9. The van der Waals surface area contributed by atoms with Crippen LogP contribution >= 0.6 is 0 Å². The highest BCUT2D eigenvalue weighted by molar-refractivity contribution is 5.78. The van der Waals surface area contributed by atoms with E-state index in [2.05, 4.69) is 6.92 Å². The smallest absolute Gasteiger partial charge is 0.316 e. The molecule has 3 rings (SSSR count). The third kappa shape index (κ3) is 13.5. The summed E-state index contributed by atoms with van der Waals surface area (Å²) in [6, 6.07) is 12.7. The molecule has 2 aromatic carbocycles. The van der Waals surface area contributed by atoms with Crippen LogP contribution < -0.4 is 4.74 Å². The van der Waals surface area contributed by atoms with Crippen molar-refractivity contribution < 1.29 is 43.5 Å². The zero-order chi connectivity index (χ0) is 34.3. The second-order valence-corrected chi connectivity index (χ2v) is 12.9. The predicted octanol–water partition coefficient (Wildman–Crippen LogP) is 7.61. The predicted molar refractivity (Wildman–Crippen MR) is 174 cm³/mol. The maximum atomic E-state index is 11.7. The van der Waals surface area contributed by atoms with Gasteiger partial charge in [0, 0.05) is 0 Å². The highest BCUT2D eigenvalue weighted by Crippen LogP contribution is 2.31. The molecule has 2 N–H and O–H groups in total. The van der Waals surface area contributed by atoms with Crippen LogP contribution in [0.25, 0.3) is 0 Å². The summed E-state index contributed by atoms with van der Waals surface area (Å²) in [4.78, 5) is 34.7. The molecule has 9 heteroatoms. The first-order valence-corrected chi connectivity index (χ1v) is 15.8. The molecule has 0 amide bonds. The summed E-state index contributed by atoms with van der Waals surface area (Å²) >= 11 is 0. The van der Waals surface area contributed by atoms with E-state index in [1.165, 1.54) is 12.1 Å². The SMILES string of the molecule is CCC(C)(C)C(=O)OCc1ccc(O)cc1.CCC(C)(C)C(=O)Oc1ccc(O)cc1.CCC(C)C(=O)OCC1(CC)COC1. The van der Waals surface area contributed by atoms with Crippen LogP contribution in [0.1, 0.15) is 93.6 Å². The van der Waals surface area contributed by atoms with Gasteiger partial charge in [0.25, 0.3) is 0 Å². The van der Waals surface area contributed by atoms with E-state index in [0.29, 0.717) is 12.4 Å². The van der Waals surface area contributed by atoms with Crippen LogP contribution in [0.15, 0.2) is 48.5 Å². The van der Waals surface area contributed by atoms with Crippen LogP contribution in [-0.2, 0) is 35.2 Å². The average Bonchev–Trinajstić information content (AvgIpc) is 3.01. The first-order valence-electron chi connectivity index (χ1n) is 15.8. The topological polar surface area (TPSA) is 129 Å². The summed E-state index contributed by atoms with van der Waals surface area (Å²) < 4.78 is 20.8. The van der Waals surface area contributed by atoms with Gasteiger partial charge < -0.3 is 29.2 Å². The summed E-state index contributed by atoms with van der Waals surface area (Å²) in [5, 5.41) is 18.1. The lowest BCUT2D eigenvalue weighted by molar-refractivity contribution is -0.173. The molecule has 1 saturated heterocycles. The van der Waals surface area contributed by atoms with Crippen molar-refractivity contribution in [1.82, 2.24) is 0 Å². The number of benzene rings is 2. The van der Waals surface area contributed by atoms with Gasteiger partial charge in [-0.1, -0.05) is 46.8 Å². The Labute approximate surface area is 269 Å². The number of rotatable bonds is 12. The summed E-state index contributed by atoms with van der Waals surface area (Å²) in [7, 11) is 0. The fourth-order valence-corrected chi connectivity index (χ4v) is 3.30. The zero-order valence-electron chi connectivity index (χ0n) is 28.6. The van der Waals surface area contributed by atoms with E-state index in [4.69, 9.17) is 29.2 Å². The number of phenolic OH excluding ortho intramolecular Hbond substituents is 2. The summed E-state index contributed by atoms with van der Waals surface area (Å²) in [6.07, 6.45) is 3.33. The monoisotopic (exact) mass is 630 g/mol. The maximum absolute atomic E-state index is 11.7. The lowest BCUT2D eigenvalue weighted by Crippen LogP contribution is -2.46. The lowest BCUT2D eigenvalue weighted by atomic mass is 9.84. The first-order chi connectivity index (χ1) is 21.0. The van der Waals surface area contributed by atoms with Gasteiger partial charge >= 0.3 is 17.9 Å². The Morgan fingerprint density at radius 1 is 0.800 bits per heavy atom. The molecule has 1 fully saturated rings. The Kier molecular flexibility index (Phi) is 16.1. The van der Waals surface area contributed by atoms with Crippen LogP contribution in [0.4, 0.5) is 0 Å². The van der Waals surface area contributed by atoms with Gasteiger partial charge in [-0.2, -0.15) is 0 Å². The molecule has 0 spiro atoms. The molecule has 252 valence electrons. The van der Waals surface area contributed by atoms with E-state index in [-0.39, 0.29) is 47.3 Å². The van der Waals surface area contributed by atoms with E-state index in [1.807, 2.05) is 55.4 Å². The number of carbonyl (C=O) groups is 3. The molecule has 1 aliphatic rings. The molecule has 9 nitrogen and oxygen atoms in total. The Morgan fingerprint density at radius 2 is 1.29 bits per heavy atom. The molecule has 1 aliphatic heterocycles. The number of esters is 3. The first kappa shape index (κ1) is 39.4. The van der Waals surface area contributed by atoms with Crippen molar-refractivity contribution >= 4 is 17.9 Å². The Hall–Kier alpha value is -3.59. The second-order valence-electron chi connectivity index (χ2n) is 12.9. The van der Waals surface area contributed by atoms with Crippen molar-refractivity contribution in [3.63, 3.8) is 0 Å². The van der Waals surface area contributed by atoms with Gasteiger partial charge in [-0.05, 0) is 95.3 Å². The molecule has 0 aliphatic carbocycles. The van der Waals surface area contributed by atoms with Gasteiger partial charge in [0.15, 0.2) is 0 Å². The molecule has 2 aromatic rings. The van der Waals surface area contributed by atoms with Crippen LogP contribution in [0.5, 0.6) is 17.2 Å². The van der Waals surface area contributed by atoms with Gasteiger partial charge in [-0.15, -0.1) is 0 Å². The minimum Gasteiger partial charge on any atom is -0.508 e. The summed E-state index contributed by atoms with van der Waals surface area (Å²) in [5.74, 6) is 0.323. The van der Waals surface area contributed by atoms with Crippen molar-refractivity contribution in [2.45, 2.75) is 94.6 Å². The van der Waals surface area contributed by atoms with Gasteiger partial charge in [0.1, 0.15) is 30.5 Å². The summed E-state index contributed by atoms with van der Waals surface area (Å²) in [5.41, 5.74) is 0.0795. The molecule has 0 radical (unpaired) electrons. The van der Waals surface area contributed by atoms with Gasteiger partial charge in [0.2, 0.25) is 0 Å². The number of hydrogen-bond donors (Lipinski definition) is 2. The normalized spacial score (nSPS) is 14.2. The van der Waals surface area contributed by atoms with Crippen molar-refractivity contribution in [2.24, 2.45) is 22.2 Å². The van der Waals surface area contributed by atoms with Crippen molar-refractivity contribution in [1.29, 1.82) is 0 Å². The largest absolute Gasteiger partial charge is 0.508 e. The van der Waals surface area contributed by atoms with Gasteiger partial charge in [0.05, 0.1) is 35.4 Å². The highest BCUT2D eigenvalue weighted by atomic mass is 16.6. The number of carbonyl (C=O) groups excluding carboxylic acids is 3. The lowest BCUT2D eigenvalue weighted by Gasteiger charge is -2.40. The van der Waals surface area contributed by atoms with Crippen LogP contribution in [0.3, 0.4) is 0 Å². The number of ether oxygens (including phenoxy) is 4.